The third-order valence-corrected chi connectivity index (χ3v) is 15.1. The van der Waals surface area contributed by atoms with Crippen molar-refractivity contribution in [2.24, 2.45) is 10.2 Å². The number of sulfonamides is 1. The molecule has 6 aromatic carbocycles. The molecule has 3 N–H and O–H groups in total. The highest BCUT2D eigenvalue weighted by Crippen LogP contribution is 2.48. The number of amides is 5. The number of phenols is 1. The topological polar surface area (TPSA) is 268 Å². The van der Waals surface area contributed by atoms with Gasteiger partial charge in [-0.25, -0.2) is 8.42 Å². The molecule has 2 aliphatic rings. The number of fused-ring (bicyclic) bond motifs is 3. The molecular formula is C48H41ClN6O14S2. The van der Waals surface area contributed by atoms with E-state index in [-0.39, 0.29) is 90.2 Å². The number of rotatable bonds is 16. The van der Waals surface area contributed by atoms with E-state index in [1.807, 2.05) is 0 Å². The lowest BCUT2D eigenvalue weighted by Crippen LogP contribution is -2.31. The van der Waals surface area contributed by atoms with Crippen LogP contribution in [0.5, 0.6) is 23.0 Å². The van der Waals surface area contributed by atoms with Crippen molar-refractivity contribution in [2.75, 3.05) is 39.7 Å². The molecule has 0 aliphatic carbocycles. The quantitative estimate of drug-likeness (QED) is 0.0475. The highest BCUT2D eigenvalue weighted by Gasteiger charge is 2.40. The standard InChI is InChI=1S/C48H41ClN6O14S2/c1-6-53(7-2)70(62,63)26-16-17-37(67-3)36(20-26)51-52-42-40-25(23-54-45(58)28-12-8-9-13-29(28)46(54)59)18-27(71(64,65)66)19-32(40)33(24-55-47(60)30-14-10-11-15-31(30)48(55)61)41(43(42)56)44(57)50-35-21-34(49)38(68-4)22-39(35)69-5/h8-22,56H,6-7,23-24H2,1-5H3,(H,50,57)(H,64,65,66). The number of halogens is 1. The first-order chi connectivity index (χ1) is 33.8. The average Bonchev–Trinajstić information content (AvgIpc) is 3.73. The van der Waals surface area contributed by atoms with Gasteiger partial charge < -0.3 is 24.6 Å². The number of carbonyl (C=O) groups is 5. The van der Waals surface area contributed by atoms with E-state index < -0.39 is 90.2 Å². The number of imide groups is 2. The Morgan fingerprint density at radius 1 is 0.690 bits per heavy atom. The summed E-state index contributed by atoms with van der Waals surface area (Å²) < 4.78 is 82.1. The van der Waals surface area contributed by atoms with Gasteiger partial charge in [-0.1, -0.05) is 49.7 Å². The van der Waals surface area contributed by atoms with Gasteiger partial charge >= 0.3 is 0 Å². The molecule has 0 bridgehead atoms. The van der Waals surface area contributed by atoms with Crippen LogP contribution >= 0.6 is 11.6 Å². The van der Waals surface area contributed by atoms with Crippen molar-refractivity contribution in [2.45, 2.75) is 36.7 Å². The monoisotopic (exact) mass is 1020 g/mol. The van der Waals surface area contributed by atoms with Crippen molar-refractivity contribution in [1.29, 1.82) is 0 Å². The van der Waals surface area contributed by atoms with Crippen molar-refractivity contribution in [3.63, 3.8) is 0 Å². The van der Waals surface area contributed by atoms with E-state index >= 15 is 4.79 Å². The number of carbonyl (C=O) groups excluding carboxylic acids is 5. The number of benzene rings is 6. The summed E-state index contributed by atoms with van der Waals surface area (Å²) in [6, 6.07) is 19.9. The molecule has 0 radical (unpaired) electrons. The Balaban J connectivity index is 1.46. The number of ether oxygens (including phenoxy) is 3. The predicted octanol–water partition coefficient (Wildman–Crippen LogP) is 7.76. The molecule has 2 heterocycles. The lowest BCUT2D eigenvalue weighted by Gasteiger charge is -2.24. The van der Waals surface area contributed by atoms with Gasteiger partial charge in [-0.05, 0) is 77.2 Å². The second-order valence-corrected chi connectivity index (χ2v) is 19.5. The van der Waals surface area contributed by atoms with E-state index in [0.29, 0.717) is 0 Å². The largest absolute Gasteiger partial charge is 0.505 e. The molecule has 20 nitrogen and oxygen atoms in total. The summed E-state index contributed by atoms with van der Waals surface area (Å²) in [4.78, 5) is 71.4. The Bertz CT molecular complexity index is 3480. The number of azo groups is 1. The van der Waals surface area contributed by atoms with Crippen LogP contribution in [0.15, 0.2) is 111 Å². The molecule has 2 aliphatic heterocycles. The maximum absolute atomic E-state index is 15.0. The molecule has 0 spiro atoms. The van der Waals surface area contributed by atoms with Gasteiger partial charge in [0.15, 0.2) is 5.75 Å². The first-order valence-corrected chi connectivity index (χ1v) is 24.6. The zero-order valence-corrected chi connectivity index (χ0v) is 40.6. The Morgan fingerprint density at radius 3 is 1.73 bits per heavy atom. The van der Waals surface area contributed by atoms with Gasteiger partial charge in [-0.3, -0.25) is 38.3 Å². The summed E-state index contributed by atoms with van der Waals surface area (Å²) >= 11 is 6.46. The number of nitrogens with zero attached hydrogens (tertiary/aromatic N) is 5. The number of nitrogens with one attached hydrogen (secondary N) is 1. The minimum atomic E-state index is -5.23. The number of phenolic OH excluding ortho intramolecular Hbond substituents is 1. The zero-order valence-electron chi connectivity index (χ0n) is 38.2. The van der Waals surface area contributed by atoms with Crippen LogP contribution in [0.4, 0.5) is 17.1 Å². The van der Waals surface area contributed by atoms with Gasteiger partial charge in [0, 0.05) is 24.5 Å². The van der Waals surface area contributed by atoms with Gasteiger partial charge in [0.25, 0.3) is 39.7 Å². The summed E-state index contributed by atoms with van der Waals surface area (Å²) in [5.41, 5.74) is -2.35. The maximum Gasteiger partial charge on any atom is 0.294 e. The van der Waals surface area contributed by atoms with Crippen molar-refractivity contribution >= 4 is 89.1 Å². The molecule has 366 valence electrons. The third kappa shape index (κ3) is 8.80. The van der Waals surface area contributed by atoms with Crippen LogP contribution in [0.3, 0.4) is 0 Å². The number of hydrogen-bond donors (Lipinski definition) is 3. The van der Waals surface area contributed by atoms with E-state index in [2.05, 4.69) is 15.5 Å². The highest BCUT2D eigenvalue weighted by molar-refractivity contribution is 7.89. The van der Waals surface area contributed by atoms with Crippen molar-refractivity contribution in [3.05, 3.63) is 135 Å². The maximum atomic E-state index is 15.0. The number of aromatic hydroxyl groups is 1. The fourth-order valence-electron chi connectivity index (χ4n) is 8.45. The van der Waals surface area contributed by atoms with Crippen LogP contribution in [-0.4, -0.2) is 105 Å². The van der Waals surface area contributed by atoms with Crippen LogP contribution in [0.2, 0.25) is 5.02 Å². The lowest BCUT2D eigenvalue weighted by atomic mass is 9.91. The summed E-state index contributed by atoms with van der Waals surface area (Å²) in [5.74, 6) is -5.32. The molecule has 5 amide bonds. The van der Waals surface area contributed by atoms with Crippen LogP contribution in [0.1, 0.15) is 76.8 Å². The molecule has 0 fully saturated rings. The average molecular weight is 1030 g/mol. The number of hydrogen-bond acceptors (Lipinski definition) is 15. The first-order valence-electron chi connectivity index (χ1n) is 21.3. The fraction of sp³-hybridized carbons (Fsp3) is 0.188. The minimum Gasteiger partial charge on any atom is -0.505 e. The Kier molecular flexibility index (Phi) is 13.4. The second kappa shape index (κ2) is 19.2. The lowest BCUT2D eigenvalue weighted by molar-refractivity contribution is 0.0627. The van der Waals surface area contributed by atoms with Crippen LogP contribution in [0, 0.1) is 0 Å². The van der Waals surface area contributed by atoms with Gasteiger partial charge in [0.1, 0.15) is 28.6 Å². The molecule has 0 unspecified atom stereocenters. The SMILES string of the molecule is CCN(CC)S(=O)(=O)c1ccc(OC)c(N=Nc2c(O)c(C(=O)Nc3cc(Cl)c(OC)cc3OC)c(CN3C(=O)c4ccccc4C3=O)c3cc(S(=O)(=O)O)cc(CN4C(=O)c5ccccc5C4=O)c23)c1. The summed E-state index contributed by atoms with van der Waals surface area (Å²) in [5, 5.41) is 23.4. The van der Waals surface area contributed by atoms with Crippen molar-refractivity contribution in [3.8, 4) is 23.0 Å². The smallest absolute Gasteiger partial charge is 0.294 e. The third-order valence-electron chi connectivity index (χ3n) is 11.9. The Labute approximate surface area is 410 Å². The molecule has 6 aromatic rings. The number of anilines is 1. The summed E-state index contributed by atoms with van der Waals surface area (Å²) in [6.07, 6.45) is 0. The number of methoxy groups -OCH3 is 3. The van der Waals surface area contributed by atoms with Crippen LogP contribution < -0.4 is 19.5 Å². The molecule has 23 heteroatoms. The van der Waals surface area contributed by atoms with E-state index in [1.54, 1.807) is 13.8 Å². The van der Waals surface area contributed by atoms with Gasteiger partial charge in [-0.2, -0.15) is 12.7 Å². The predicted molar refractivity (Wildman–Crippen MR) is 257 cm³/mol. The summed E-state index contributed by atoms with van der Waals surface area (Å²) in [6.45, 7) is 1.94. The Hall–Kier alpha value is -7.76. The molecule has 71 heavy (non-hydrogen) atoms. The van der Waals surface area contributed by atoms with Gasteiger partial charge in [0.2, 0.25) is 10.0 Å². The molecule has 0 saturated carbocycles. The Morgan fingerprint density at radius 2 is 1.23 bits per heavy atom. The minimum absolute atomic E-state index is 0.00171. The zero-order chi connectivity index (χ0) is 51.3. The van der Waals surface area contributed by atoms with Crippen LogP contribution in [-0.2, 0) is 33.2 Å². The normalized spacial score (nSPS) is 13.7. The van der Waals surface area contributed by atoms with E-state index in [0.717, 1.165) is 28.0 Å². The second-order valence-electron chi connectivity index (χ2n) is 15.8. The molecule has 0 aromatic heterocycles. The molecule has 8 rings (SSSR count). The molecule has 0 atom stereocenters. The van der Waals surface area contributed by atoms with E-state index in [9.17, 15) is 45.7 Å². The van der Waals surface area contributed by atoms with Gasteiger partial charge in [0.05, 0.1) is 82.7 Å². The van der Waals surface area contributed by atoms with Crippen molar-refractivity contribution < 1.29 is 64.7 Å². The van der Waals surface area contributed by atoms with Crippen LogP contribution in [0.25, 0.3) is 10.8 Å². The molecular weight excluding hydrogens is 984 g/mol. The van der Waals surface area contributed by atoms with E-state index in [4.69, 9.17) is 25.8 Å². The van der Waals surface area contributed by atoms with E-state index in [1.165, 1.54) is 98.4 Å². The highest BCUT2D eigenvalue weighted by atomic mass is 35.5. The van der Waals surface area contributed by atoms with Crippen molar-refractivity contribution in [1.82, 2.24) is 14.1 Å². The first kappa shape index (κ1) is 49.7. The fourth-order valence-corrected chi connectivity index (χ4v) is 10.7. The summed E-state index contributed by atoms with van der Waals surface area (Å²) in [7, 11) is -5.46. The van der Waals surface area contributed by atoms with Gasteiger partial charge in [-0.15, -0.1) is 10.2 Å². The molecule has 0 saturated heterocycles.